The van der Waals surface area contributed by atoms with Crippen molar-refractivity contribution < 1.29 is 9.53 Å². The summed E-state index contributed by atoms with van der Waals surface area (Å²) in [4.78, 5) is 31.1. The second-order valence-corrected chi connectivity index (χ2v) is 6.65. The monoisotopic (exact) mass is 351 g/mol. The first kappa shape index (κ1) is 16.7. The molecule has 1 aromatic carbocycles. The molecule has 0 bridgehead atoms. The summed E-state index contributed by atoms with van der Waals surface area (Å²) in [6.45, 7) is 7.24. The normalized spacial score (nSPS) is 17.7. The van der Waals surface area contributed by atoms with Crippen molar-refractivity contribution in [3.63, 3.8) is 0 Å². The van der Waals surface area contributed by atoms with E-state index in [2.05, 4.69) is 19.9 Å². The van der Waals surface area contributed by atoms with E-state index < -0.39 is 0 Å². The average molecular weight is 351 g/mol. The number of benzene rings is 1. The summed E-state index contributed by atoms with van der Waals surface area (Å²) in [5, 5.41) is 0. The Morgan fingerprint density at radius 2 is 2.04 bits per heavy atom. The molecule has 0 radical (unpaired) electrons. The van der Waals surface area contributed by atoms with Gasteiger partial charge in [0.25, 0.3) is 5.91 Å². The molecule has 0 aliphatic carbocycles. The van der Waals surface area contributed by atoms with Crippen LogP contribution in [0.15, 0.2) is 24.3 Å². The van der Waals surface area contributed by atoms with E-state index in [0.29, 0.717) is 31.1 Å². The number of aryl methyl sites for hydroxylation is 3. The van der Waals surface area contributed by atoms with E-state index in [9.17, 15) is 4.79 Å². The van der Waals surface area contributed by atoms with Crippen molar-refractivity contribution >= 4 is 16.9 Å². The minimum atomic E-state index is -0.230. The van der Waals surface area contributed by atoms with Crippen LogP contribution in [0.4, 0.5) is 0 Å². The van der Waals surface area contributed by atoms with Gasteiger partial charge in [0, 0.05) is 17.8 Å². The summed E-state index contributed by atoms with van der Waals surface area (Å²) >= 11 is 0. The maximum atomic E-state index is 13.0. The van der Waals surface area contributed by atoms with Gasteiger partial charge in [0.1, 0.15) is 17.8 Å². The Morgan fingerprint density at radius 3 is 2.85 bits per heavy atom. The zero-order valence-electron chi connectivity index (χ0n) is 15.1. The van der Waals surface area contributed by atoms with Crippen LogP contribution in [0.5, 0.6) is 0 Å². The number of carbonyl (C=O) groups is 1. The first-order chi connectivity index (χ1) is 12.5. The molecule has 3 aromatic rings. The molecule has 7 nitrogen and oxygen atoms in total. The molecule has 7 heteroatoms. The van der Waals surface area contributed by atoms with Gasteiger partial charge in [-0.3, -0.25) is 4.79 Å². The number of ether oxygens (including phenoxy) is 1. The van der Waals surface area contributed by atoms with Gasteiger partial charge < -0.3 is 14.6 Å². The third-order valence-electron chi connectivity index (χ3n) is 4.52. The maximum absolute atomic E-state index is 13.0. The number of morpholine rings is 1. The van der Waals surface area contributed by atoms with E-state index in [1.165, 1.54) is 0 Å². The number of rotatable bonds is 2. The van der Waals surface area contributed by atoms with Crippen molar-refractivity contribution in [2.75, 3.05) is 19.7 Å². The highest BCUT2D eigenvalue weighted by molar-refractivity contribution is 5.97. The van der Waals surface area contributed by atoms with Gasteiger partial charge >= 0.3 is 0 Å². The lowest BCUT2D eigenvalue weighted by atomic mass is 10.1. The quantitative estimate of drug-likeness (QED) is 0.767. The summed E-state index contributed by atoms with van der Waals surface area (Å²) in [6.07, 6.45) is -0.230. The Kier molecular flexibility index (Phi) is 4.16. The molecule has 1 fully saturated rings. The summed E-state index contributed by atoms with van der Waals surface area (Å²) < 4.78 is 5.86. The van der Waals surface area contributed by atoms with E-state index in [1.807, 2.05) is 49.9 Å². The molecule has 2 aromatic heterocycles. The molecule has 0 unspecified atom stereocenters. The fourth-order valence-electron chi connectivity index (χ4n) is 3.38. The molecule has 1 atom stereocenters. The molecule has 1 amide bonds. The van der Waals surface area contributed by atoms with E-state index in [4.69, 9.17) is 4.74 Å². The van der Waals surface area contributed by atoms with Crippen molar-refractivity contribution in [2.24, 2.45) is 0 Å². The molecule has 134 valence electrons. The van der Waals surface area contributed by atoms with Gasteiger partial charge in [0.05, 0.1) is 29.9 Å². The van der Waals surface area contributed by atoms with Crippen molar-refractivity contribution in [3.05, 3.63) is 52.9 Å². The highest BCUT2D eigenvalue weighted by atomic mass is 16.5. The second-order valence-electron chi connectivity index (χ2n) is 6.65. The molecule has 0 spiro atoms. The van der Waals surface area contributed by atoms with Gasteiger partial charge in [-0.1, -0.05) is 0 Å². The van der Waals surface area contributed by atoms with Gasteiger partial charge in [0.15, 0.2) is 0 Å². The second kappa shape index (κ2) is 6.49. The molecule has 1 aliphatic rings. The number of aromatic amines is 1. The summed E-state index contributed by atoms with van der Waals surface area (Å²) in [7, 11) is 0. The minimum absolute atomic E-state index is 0.00467. The summed E-state index contributed by atoms with van der Waals surface area (Å²) in [6, 6.07) is 7.49. The number of fused-ring (bicyclic) bond motifs is 1. The predicted molar refractivity (Wildman–Crippen MR) is 96.9 cm³/mol. The van der Waals surface area contributed by atoms with Crippen LogP contribution in [0.3, 0.4) is 0 Å². The minimum Gasteiger partial charge on any atom is -0.368 e. The number of hydrogen-bond donors (Lipinski definition) is 1. The number of aromatic nitrogens is 4. The Labute approximate surface area is 151 Å². The lowest BCUT2D eigenvalue weighted by Crippen LogP contribution is -2.42. The van der Waals surface area contributed by atoms with E-state index in [1.54, 1.807) is 0 Å². The van der Waals surface area contributed by atoms with Crippen molar-refractivity contribution in [1.82, 2.24) is 24.8 Å². The first-order valence-corrected chi connectivity index (χ1v) is 8.69. The third-order valence-corrected chi connectivity index (χ3v) is 4.52. The van der Waals surface area contributed by atoms with Gasteiger partial charge in [-0.15, -0.1) is 0 Å². The maximum Gasteiger partial charge on any atom is 0.254 e. The van der Waals surface area contributed by atoms with E-state index >= 15 is 0 Å². The summed E-state index contributed by atoms with van der Waals surface area (Å²) in [5.41, 5.74) is 4.12. The van der Waals surface area contributed by atoms with E-state index in [0.717, 1.165) is 28.2 Å². The molecular formula is C19H21N5O2. The third kappa shape index (κ3) is 3.17. The fraction of sp³-hybridized carbons (Fsp3) is 0.368. The number of amides is 1. The zero-order chi connectivity index (χ0) is 18.3. The van der Waals surface area contributed by atoms with Crippen LogP contribution in [0.2, 0.25) is 0 Å². The molecule has 4 rings (SSSR count). The first-order valence-electron chi connectivity index (χ1n) is 8.69. The Morgan fingerprint density at radius 1 is 1.19 bits per heavy atom. The lowest BCUT2D eigenvalue weighted by Gasteiger charge is -2.33. The SMILES string of the molecule is Cc1cc([C@@H]2CN(C(=O)c3ccc4nc(C)[nH]c4c3)CCO2)nc(C)n1. The topological polar surface area (TPSA) is 84.0 Å². The van der Waals surface area contributed by atoms with Crippen LogP contribution < -0.4 is 0 Å². The predicted octanol–water partition coefficient (Wildman–Crippen LogP) is 2.49. The Bertz CT molecular complexity index is 961. The van der Waals surface area contributed by atoms with Gasteiger partial charge in [-0.25, -0.2) is 15.0 Å². The number of H-pyrrole nitrogens is 1. The lowest BCUT2D eigenvalue weighted by molar-refractivity contribution is -0.0248. The Hall–Kier alpha value is -2.80. The van der Waals surface area contributed by atoms with Crippen molar-refractivity contribution in [2.45, 2.75) is 26.9 Å². The molecule has 26 heavy (non-hydrogen) atoms. The molecule has 1 N–H and O–H groups in total. The van der Waals surface area contributed by atoms with Gasteiger partial charge in [0.2, 0.25) is 0 Å². The van der Waals surface area contributed by atoms with E-state index in [-0.39, 0.29) is 12.0 Å². The molecule has 3 heterocycles. The number of carbonyl (C=O) groups excluding carboxylic acids is 1. The molecule has 1 aliphatic heterocycles. The highest BCUT2D eigenvalue weighted by Gasteiger charge is 2.27. The molecule has 0 saturated carbocycles. The van der Waals surface area contributed by atoms with Crippen molar-refractivity contribution in [1.29, 1.82) is 0 Å². The number of nitrogens with zero attached hydrogens (tertiary/aromatic N) is 4. The average Bonchev–Trinajstić information content (AvgIpc) is 2.99. The van der Waals surface area contributed by atoms with Gasteiger partial charge in [-0.2, -0.15) is 0 Å². The summed E-state index contributed by atoms with van der Waals surface area (Å²) in [5.74, 6) is 1.55. The standard InChI is InChI=1S/C19H21N5O2/c1-11-8-17(23-12(2)20-11)18-10-24(6-7-26-18)19(25)14-4-5-15-16(9-14)22-13(3)21-15/h4-5,8-9,18H,6-7,10H2,1-3H3,(H,21,22)/t18-/m0/s1. The zero-order valence-corrected chi connectivity index (χ0v) is 15.1. The number of nitrogens with one attached hydrogen (secondary N) is 1. The van der Waals surface area contributed by atoms with Crippen LogP contribution in [-0.2, 0) is 4.74 Å². The van der Waals surface area contributed by atoms with Crippen molar-refractivity contribution in [3.8, 4) is 0 Å². The van der Waals surface area contributed by atoms with Gasteiger partial charge in [-0.05, 0) is 45.0 Å². The smallest absolute Gasteiger partial charge is 0.254 e. The van der Waals surface area contributed by atoms with Crippen LogP contribution in [0.25, 0.3) is 11.0 Å². The number of imidazole rings is 1. The Balaban J connectivity index is 1.57. The fourth-order valence-corrected chi connectivity index (χ4v) is 3.38. The van der Waals surface area contributed by atoms with Crippen LogP contribution in [0.1, 0.15) is 39.5 Å². The van der Waals surface area contributed by atoms with Crippen LogP contribution >= 0.6 is 0 Å². The number of hydrogen-bond acceptors (Lipinski definition) is 5. The van der Waals surface area contributed by atoms with Crippen LogP contribution in [0, 0.1) is 20.8 Å². The van der Waals surface area contributed by atoms with Crippen LogP contribution in [-0.4, -0.2) is 50.4 Å². The largest absolute Gasteiger partial charge is 0.368 e. The molecular weight excluding hydrogens is 330 g/mol. The molecule has 1 saturated heterocycles. The highest BCUT2D eigenvalue weighted by Crippen LogP contribution is 2.23.